The normalized spacial score (nSPS) is 27.2. The number of hydrogen-bond acceptors (Lipinski definition) is 5. The Hall–Kier alpha value is -2.53. The van der Waals surface area contributed by atoms with E-state index >= 15 is 0 Å². The lowest BCUT2D eigenvalue weighted by Crippen LogP contribution is -2.62. The van der Waals surface area contributed by atoms with Crippen LogP contribution in [0.25, 0.3) is 0 Å². The van der Waals surface area contributed by atoms with Crippen LogP contribution in [0.5, 0.6) is 0 Å². The minimum Gasteiger partial charge on any atom is -0.454 e. The van der Waals surface area contributed by atoms with Crippen LogP contribution in [-0.2, 0) is 9.53 Å². The number of rotatable bonds is 1. The molecule has 0 spiro atoms. The molecule has 0 bridgehead atoms. The van der Waals surface area contributed by atoms with Crippen molar-refractivity contribution in [2.75, 3.05) is 0 Å². The molecular formula is C14H11BrN4O3. The Morgan fingerprint density at radius 3 is 2.82 bits per heavy atom. The SMILES string of the molecule is N#CC1=C(N)OC2NC(=O)NC(=O)C2C1c1cccc(Br)c1. The van der Waals surface area contributed by atoms with Crippen molar-refractivity contribution in [3.05, 3.63) is 45.8 Å². The number of carbonyl (C=O) groups excluding carboxylic acids is 2. The molecular weight excluding hydrogens is 352 g/mol. The van der Waals surface area contributed by atoms with E-state index in [4.69, 9.17) is 10.5 Å². The van der Waals surface area contributed by atoms with E-state index in [2.05, 4.69) is 26.6 Å². The summed E-state index contributed by atoms with van der Waals surface area (Å²) in [5.41, 5.74) is 6.70. The number of carbonyl (C=O) groups is 2. The summed E-state index contributed by atoms with van der Waals surface area (Å²) < 4.78 is 6.16. The van der Waals surface area contributed by atoms with Crippen molar-refractivity contribution in [1.29, 1.82) is 5.26 Å². The smallest absolute Gasteiger partial charge is 0.324 e. The van der Waals surface area contributed by atoms with E-state index in [0.717, 1.165) is 10.0 Å². The summed E-state index contributed by atoms with van der Waals surface area (Å²) in [5, 5.41) is 14.1. The fourth-order valence-electron chi connectivity index (χ4n) is 2.75. The number of ether oxygens (including phenoxy) is 1. The van der Waals surface area contributed by atoms with Gasteiger partial charge >= 0.3 is 6.03 Å². The van der Waals surface area contributed by atoms with E-state index in [1.807, 2.05) is 12.1 Å². The molecule has 4 N–H and O–H groups in total. The van der Waals surface area contributed by atoms with E-state index in [1.54, 1.807) is 18.2 Å². The van der Waals surface area contributed by atoms with Crippen LogP contribution >= 0.6 is 15.9 Å². The van der Waals surface area contributed by atoms with Gasteiger partial charge in [0.25, 0.3) is 0 Å². The molecule has 0 aromatic heterocycles. The highest BCUT2D eigenvalue weighted by atomic mass is 79.9. The molecule has 1 fully saturated rings. The molecule has 1 saturated heterocycles. The van der Waals surface area contributed by atoms with E-state index in [0.29, 0.717) is 0 Å². The van der Waals surface area contributed by atoms with E-state index in [-0.39, 0.29) is 11.5 Å². The Kier molecular flexibility index (Phi) is 3.50. The molecule has 3 amide bonds. The van der Waals surface area contributed by atoms with Crippen molar-refractivity contribution >= 4 is 27.9 Å². The van der Waals surface area contributed by atoms with Crippen LogP contribution in [-0.4, -0.2) is 18.2 Å². The number of fused-ring (bicyclic) bond motifs is 1. The minimum atomic E-state index is -0.901. The molecule has 3 rings (SSSR count). The molecule has 0 aliphatic carbocycles. The second-order valence-corrected chi connectivity index (χ2v) is 5.87. The Labute approximate surface area is 134 Å². The van der Waals surface area contributed by atoms with Gasteiger partial charge in [-0.05, 0) is 17.7 Å². The van der Waals surface area contributed by atoms with Gasteiger partial charge in [0.15, 0.2) is 6.23 Å². The van der Waals surface area contributed by atoms with Crippen molar-refractivity contribution in [3.63, 3.8) is 0 Å². The van der Waals surface area contributed by atoms with Crippen LogP contribution in [0.3, 0.4) is 0 Å². The molecule has 1 aromatic rings. The van der Waals surface area contributed by atoms with Crippen LogP contribution in [0.15, 0.2) is 40.2 Å². The summed E-state index contributed by atoms with van der Waals surface area (Å²) in [6.45, 7) is 0. The van der Waals surface area contributed by atoms with Gasteiger partial charge < -0.3 is 15.8 Å². The van der Waals surface area contributed by atoms with Crippen molar-refractivity contribution < 1.29 is 14.3 Å². The minimum absolute atomic E-state index is 0.0799. The lowest BCUT2D eigenvalue weighted by atomic mass is 9.77. The van der Waals surface area contributed by atoms with Gasteiger partial charge in [0, 0.05) is 10.4 Å². The molecule has 2 aliphatic heterocycles. The van der Waals surface area contributed by atoms with Crippen LogP contribution in [0.1, 0.15) is 11.5 Å². The Morgan fingerprint density at radius 2 is 2.14 bits per heavy atom. The molecule has 8 heteroatoms. The number of nitriles is 1. The first-order valence-electron chi connectivity index (χ1n) is 6.44. The van der Waals surface area contributed by atoms with Crippen LogP contribution in [0.2, 0.25) is 0 Å². The van der Waals surface area contributed by atoms with Gasteiger partial charge in [0.1, 0.15) is 12.0 Å². The molecule has 7 nitrogen and oxygen atoms in total. The van der Waals surface area contributed by atoms with Crippen LogP contribution in [0.4, 0.5) is 4.79 Å². The zero-order chi connectivity index (χ0) is 15.9. The number of benzene rings is 1. The number of nitrogens with zero attached hydrogens (tertiary/aromatic N) is 1. The second-order valence-electron chi connectivity index (χ2n) is 4.95. The van der Waals surface area contributed by atoms with Crippen molar-refractivity contribution in [3.8, 4) is 6.07 Å². The number of imide groups is 1. The third-order valence-corrected chi connectivity index (χ3v) is 4.15. The van der Waals surface area contributed by atoms with E-state index in [1.165, 1.54) is 0 Å². The second kappa shape index (κ2) is 5.35. The highest BCUT2D eigenvalue weighted by Gasteiger charge is 2.48. The van der Waals surface area contributed by atoms with Gasteiger partial charge in [-0.1, -0.05) is 28.1 Å². The molecule has 2 heterocycles. The van der Waals surface area contributed by atoms with Gasteiger partial charge in [0.2, 0.25) is 11.8 Å². The fraction of sp³-hybridized carbons (Fsp3) is 0.214. The van der Waals surface area contributed by atoms with Gasteiger partial charge in [-0.3, -0.25) is 10.1 Å². The highest BCUT2D eigenvalue weighted by molar-refractivity contribution is 9.10. The fourth-order valence-corrected chi connectivity index (χ4v) is 3.17. The summed E-state index contributed by atoms with van der Waals surface area (Å²) in [6, 6.07) is 8.60. The number of nitrogens with two attached hydrogens (primary N) is 1. The number of allylic oxidation sites excluding steroid dienone is 1. The third kappa shape index (κ3) is 2.29. The maximum atomic E-state index is 12.2. The summed E-state index contributed by atoms with van der Waals surface area (Å²) in [5.74, 6) is -1.95. The van der Waals surface area contributed by atoms with Crippen molar-refractivity contribution in [1.82, 2.24) is 10.6 Å². The highest BCUT2D eigenvalue weighted by Crippen LogP contribution is 2.40. The molecule has 2 aliphatic rings. The predicted octanol–water partition coefficient (Wildman–Crippen LogP) is 1.04. The summed E-state index contributed by atoms with van der Waals surface area (Å²) >= 11 is 3.37. The molecule has 0 radical (unpaired) electrons. The van der Waals surface area contributed by atoms with Crippen LogP contribution in [0, 0.1) is 17.2 Å². The van der Waals surface area contributed by atoms with Crippen LogP contribution < -0.4 is 16.4 Å². The number of hydrogen-bond donors (Lipinski definition) is 3. The largest absolute Gasteiger partial charge is 0.454 e. The zero-order valence-corrected chi connectivity index (χ0v) is 12.8. The first-order valence-corrected chi connectivity index (χ1v) is 7.24. The average Bonchev–Trinajstić information content (AvgIpc) is 2.45. The molecule has 3 atom stereocenters. The monoisotopic (exact) mass is 362 g/mol. The van der Waals surface area contributed by atoms with E-state index < -0.39 is 30.0 Å². The lowest BCUT2D eigenvalue weighted by Gasteiger charge is -2.39. The zero-order valence-electron chi connectivity index (χ0n) is 11.2. The third-order valence-electron chi connectivity index (χ3n) is 3.66. The maximum absolute atomic E-state index is 12.2. The first kappa shape index (κ1) is 14.4. The Morgan fingerprint density at radius 1 is 1.36 bits per heavy atom. The van der Waals surface area contributed by atoms with Gasteiger partial charge in [-0.25, -0.2) is 4.79 Å². The standard InChI is InChI=1S/C14H11BrN4O3/c15-7-3-1-2-6(4-7)9-8(5-16)11(17)22-13-10(9)12(20)18-14(21)19-13/h1-4,9-10,13H,17H2,(H2,18,19,20,21). The molecule has 0 saturated carbocycles. The van der Waals surface area contributed by atoms with Crippen molar-refractivity contribution in [2.24, 2.45) is 11.7 Å². The molecule has 1 aromatic carbocycles. The average molecular weight is 363 g/mol. The maximum Gasteiger partial charge on any atom is 0.324 e. The quantitative estimate of drug-likeness (QED) is 0.689. The number of amides is 3. The molecule has 112 valence electrons. The van der Waals surface area contributed by atoms with Crippen molar-refractivity contribution in [2.45, 2.75) is 12.1 Å². The topological polar surface area (TPSA) is 117 Å². The van der Waals surface area contributed by atoms with Gasteiger partial charge in [0.05, 0.1) is 5.57 Å². The molecule has 3 unspecified atom stereocenters. The lowest BCUT2D eigenvalue weighted by molar-refractivity contribution is -0.132. The Balaban J connectivity index is 2.14. The number of halogens is 1. The Bertz CT molecular complexity index is 740. The summed E-state index contributed by atoms with van der Waals surface area (Å²) in [6.07, 6.45) is -0.901. The summed E-state index contributed by atoms with van der Waals surface area (Å²) in [4.78, 5) is 23.7. The number of urea groups is 1. The summed E-state index contributed by atoms with van der Waals surface area (Å²) in [7, 11) is 0. The van der Waals surface area contributed by atoms with E-state index in [9.17, 15) is 14.9 Å². The van der Waals surface area contributed by atoms with Gasteiger partial charge in [-0.15, -0.1) is 0 Å². The number of nitrogens with one attached hydrogen (secondary N) is 2. The van der Waals surface area contributed by atoms with Gasteiger partial charge in [-0.2, -0.15) is 5.26 Å². The predicted molar refractivity (Wildman–Crippen MR) is 78.7 cm³/mol. The molecule has 22 heavy (non-hydrogen) atoms. The first-order chi connectivity index (χ1) is 10.5.